The number of rotatable bonds is 9. The smallest absolute Gasteiger partial charge is 0.329 e. The fourth-order valence-electron chi connectivity index (χ4n) is 4.48. The van der Waals surface area contributed by atoms with Crippen molar-refractivity contribution in [2.24, 2.45) is 0 Å². The van der Waals surface area contributed by atoms with Gasteiger partial charge in [-0.3, -0.25) is 9.59 Å². The molecule has 0 radical (unpaired) electrons. The van der Waals surface area contributed by atoms with Crippen LogP contribution in [-0.4, -0.2) is 53.9 Å². The van der Waals surface area contributed by atoms with E-state index in [9.17, 15) is 9.59 Å². The van der Waals surface area contributed by atoms with Crippen molar-refractivity contribution in [1.82, 2.24) is 0 Å². The molecule has 3 aromatic rings. The van der Waals surface area contributed by atoms with Crippen LogP contribution in [0.25, 0.3) is 0 Å². The van der Waals surface area contributed by atoms with Crippen LogP contribution in [0.4, 0.5) is 0 Å². The lowest BCUT2D eigenvalue weighted by atomic mass is 9.68. The van der Waals surface area contributed by atoms with Crippen molar-refractivity contribution in [2.45, 2.75) is 12.0 Å². The maximum absolute atomic E-state index is 14.2. The molecule has 0 aliphatic carbocycles. The molecule has 9 heteroatoms. The normalized spacial score (nSPS) is 16.2. The third-order valence-corrected chi connectivity index (χ3v) is 6.28. The molecule has 0 amide bonds. The van der Waals surface area contributed by atoms with E-state index >= 15 is 0 Å². The largest absolute Gasteiger partial charge is 0.496 e. The molecule has 1 atom stereocenters. The Kier molecular flexibility index (Phi) is 7.42. The number of ether oxygens (including phenoxy) is 7. The Bertz CT molecular complexity index is 1280. The first-order chi connectivity index (χ1) is 17.9. The number of ketones is 1. The van der Waals surface area contributed by atoms with Crippen LogP contribution in [0.2, 0.25) is 0 Å². The van der Waals surface area contributed by atoms with Gasteiger partial charge in [-0.05, 0) is 11.6 Å². The third-order valence-electron chi connectivity index (χ3n) is 6.28. The number of hydrogen-bond acceptors (Lipinski definition) is 9. The summed E-state index contributed by atoms with van der Waals surface area (Å²) < 4.78 is 39.2. The van der Waals surface area contributed by atoms with Gasteiger partial charge in [0.15, 0.2) is 22.7 Å². The summed E-state index contributed by atoms with van der Waals surface area (Å²) in [6, 6.07) is 15.4. The zero-order chi connectivity index (χ0) is 26.6. The average molecular weight is 509 g/mol. The van der Waals surface area contributed by atoms with Crippen molar-refractivity contribution in [2.75, 3.05) is 42.2 Å². The molecule has 0 saturated carbocycles. The molecule has 0 spiro atoms. The number of carbonyl (C=O) groups is 2. The summed E-state index contributed by atoms with van der Waals surface area (Å²) in [5.74, 6) is 0.354. The summed E-state index contributed by atoms with van der Waals surface area (Å²) in [4.78, 5) is 28.1. The van der Waals surface area contributed by atoms with E-state index in [2.05, 4.69) is 0 Å². The molecule has 0 N–H and O–H groups in total. The molecule has 1 aliphatic rings. The van der Waals surface area contributed by atoms with Crippen molar-refractivity contribution in [3.8, 4) is 34.5 Å². The molecule has 9 nitrogen and oxygen atoms in total. The number of carbonyl (C=O) groups excluding carboxylic acids is 2. The maximum Gasteiger partial charge on any atom is 0.329 e. The van der Waals surface area contributed by atoms with Crippen LogP contribution in [0.1, 0.15) is 16.7 Å². The van der Waals surface area contributed by atoms with Crippen LogP contribution in [0.15, 0.2) is 54.6 Å². The Morgan fingerprint density at radius 2 is 1.41 bits per heavy atom. The lowest BCUT2D eigenvalue weighted by Crippen LogP contribution is -2.51. The molecule has 0 fully saturated rings. The number of benzene rings is 3. The molecule has 0 aromatic heterocycles. The van der Waals surface area contributed by atoms with Crippen LogP contribution in [-0.2, 0) is 26.3 Å². The zero-order valence-electron chi connectivity index (χ0n) is 21.3. The molecule has 1 unspecified atom stereocenters. The Morgan fingerprint density at radius 1 is 0.811 bits per heavy atom. The summed E-state index contributed by atoms with van der Waals surface area (Å²) in [7, 11) is 7.29. The highest BCUT2D eigenvalue weighted by atomic mass is 16.5. The van der Waals surface area contributed by atoms with Gasteiger partial charge in [-0.1, -0.05) is 30.3 Å². The van der Waals surface area contributed by atoms with E-state index < -0.39 is 23.8 Å². The maximum atomic E-state index is 14.2. The fourth-order valence-corrected chi connectivity index (χ4v) is 4.48. The number of Topliss-reactive ketones (excluding diaryl/α,β-unsaturated/α-hetero) is 1. The van der Waals surface area contributed by atoms with Gasteiger partial charge in [0.25, 0.3) is 0 Å². The van der Waals surface area contributed by atoms with Gasteiger partial charge < -0.3 is 33.2 Å². The average Bonchev–Trinajstić information content (AvgIpc) is 2.95. The Morgan fingerprint density at radius 3 is 1.97 bits per heavy atom. The van der Waals surface area contributed by atoms with Crippen molar-refractivity contribution in [3.05, 3.63) is 71.3 Å². The predicted octanol–water partition coefficient (Wildman–Crippen LogP) is 3.72. The Labute approximate surface area is 214 Å². The molecule has 1 heterocycles. The van der Waals surface area contributed by atoms with Gasteiger partial charge in [0, 0.05) is 23.8 Å². The van der Waals surface area contributed by atoms with Gasteiger partial charge in [-0.2, -0.15) is 0 Å². The van der Waals surface area contributed by atoms with Gasteiger partial charge in [-0.15, -0.1) is 0 Å². The second kappa shape index (κ2) is 10.7. The first-order valence-electron chi connectivity index (χ1n) is 11.4. The summed E-state index contributed by atoms with van der Waals surface area (Å²) in [6.07, 6.45) is 0. The van der Waals surface area contributed by atoms with Crippen LogP contribution in [0, 0.1) is 0 Å². The van der Waals surface area contributed by atoms with Gasteiger partial charge in [0.1, 0.15) is 36.2 Å². The van der Waals surface area contributed by atoms with E-state index in [-0.39, 0.29) is 35.0 Å². The third kappa shape index (κ3) is 4.37. The van der Waals surface area contributed by atoms with Gasteiger partial charge in [-0.25, -0.2) is 0 Å². The van der Waals surface area contributed by atoms with E-state index in [4.69, 9.17) is 33.2 Å². The second-order valence-electron chi connectivity index (χ2n) is 8.13. The number of hydrogen-bond donors (Lipinski definition) is 0. The van der Waals surface area contributed by atoms with Crippen LogP contribution in [0.5, 0.6) is 34.5 Å². The van der Waals surface area contributed by atoms with Crippen molar-refractivity contribution in [1.29, 1.82) is 0 Å². The number of esters is 1. The highest BCUT2D eigenvalue weighted by Crippen LogP contribution is 2.53. The minimum atomic E-state index is -2.01. The minimum absolute atomic E-state index is 0.0566. The van der Waals surface area contributed by atoms with Crippen molar-refractivity contribution >= 4 is 11.8 Å². The Balaban J connectivity index is 2.03. The molecular formula is C28H28O9. The molecule has 4 rings (SSSR count). The number of fused-ring (bicyclic) bond motifs is 1. The molecule has 3 aromatic carbocycles. The fraction of sp³-hybridized carbons (Fsp3) is 0.286. The summed E-state index contributed by atoms with van der Waals surface area (Å²) in [5, 5.41) is 0. The molecule has 1 aliphatic heterocycles. The first kappa shape index (κ1) is 25.7. The second-order valence-corrected chi connectivity index (χ2v) is 8.13. The predicted molar refractivity (Wildman–Crippen MR) is 133 cm³/mol. The molecule has 194 valence electrons. The van der Waals surface area contributed by atoms with Crippen LogP contribution in [0.3, 0.4) is 0 Å². The van der Waals surface area contributed by atoms with E-state index in [1.54, 1.807) is 18.2 Å². The Hall–Kier alpha value is -4.40. The van der Waals surface area contributed by atoms with Gasteiger partial charge in [0.05, 0.1) is 41.1 Å². The topological polar surface area (TPSA) is 98.8 Å². The minimum Gasteiger partial charge on any atom is -0.496 e. The molecule has 0 saturated heterocycles. The summed E-state index contributed by atoms with van der Waals surface area (Å²) in [5.41, 5.74) is -0.878. The van der Waals surface area contributed by atoms with Gasteiger partial charge >= 0.3 is 5.97 Å². The molecular weight excluding hydrogens is 480 g/mol. The first-order valence-corrected chi connectivity index (χ1v) is 11.4. The van der Waals surface area contributed by atoms with E-state index in [0.29, 0.717) is 17.2 Å². The lowest BCUT2D eigenvalue weighted by Gasteiger charge is -2.37. The van der Waals surface area contributed by atoms with Crippen molar-refractivity contribution in [3.63, 3.8) is 0 Å². The number of methoxy groups -OCH3 is 5. The quantitative estimate of drug-likeness (QED) is 0.316. The molecule has 0 bridgehead atoms. The standard InChI is InChI=1S/C28H28O9/c1-31-18-11-23(34-4)26(24(12-18)35-5)28(27(30)37-15-17-9-7-6-8-10-17)19-13-21(32-2)22(33-3)14-20(19)36-16-25(28)29/h6-14H,15-16H2,1-5H3. The summed E-state index contributed by atoms with van der Waals surface area (Å²) >= 11 is 0. The highest BCUT2D eigenvalue weighted by Gasteiger charge is 2.58. The van der Waals surface area contributed by atoms with Crippen LogP contribution < -0.4 is 28.4 Å². The monoisotopic (exact) mass is 508 g/mol. The zero-order valence-corrected chi connectivity index (χ0v) is 21.3. The highest BCUT2D eigenvalue weighted by molar-refractivity contribution is 6.16. The van der Waals surface area contributed by atoms with Crippen LogP contribution >= 0.6 is 0 Å². The van der Waals surface area contributed by atoms with E-state index in [0.717, 1.165) is 5.56 Å². The SMILES string of the molecule is COc1cc(OC)c(C2(C(=O)OCc3ccccc3)C(=O)COc3cc(OC)c(OC)cc32)c(OC)c1. The van der Waals surface area contributed by atoms with E-state index in [1.807, 2.05) is 30.3 Å². The lowest BCUT2D eigenvalue weighted by molar-refractivity contribution is -0.155. The van der Waals surface area contributed by atoms with E-state index in [1.165, 1.54) is 41.6 Å². The molecule has 37 heavy (non-hydrogen) atoms. The van der Waals surface area contributed by atoms with Gasteiger partial charge in [0.2, 0.25) is 0 Å². The summed E-state index contributed by atoms with van der Waals surface area (Å²) in [6.45, 7) is -0.458. The van der Waals surface area contributed by atoms with Crippen molar-refractivity contribution < 1.29 is 42.7 Å².